The molecule has 1 unspecified atom stereocenters. The van der Waals surface area contributed by atoms with Crippen molar-refractivity contribution in [2.24, 2.45) is 0 Å². The van der Waals surface area contributed by atoms with Crippen molar-refractivity contribution in [2.75, 3.05) is 0 Å². The van der Waals surface area contributed by atoms with E-state index in [0.717, 1.165) is 12.8 Å². The van der Waals surface area contributed by atoms with Crippen molar-refractivity contribution in [3.63, 3.8) is 0 Å². The molecule has 0 spiro atoms. The van der Waals surface area contributed by atoms with Gasteiger partial charge in [-0.05, 0) is 36.1 Å². The summed E-state index contributed by atoms with van der Waals surface area (Å²) in [6.45, 7) is 2.20. The van der Waals surface area contributed by atoms with Crippen LogP contribution in [-0.2, 0) is 6.42 Å². The molecule has 0 saturated carbocycles. The van der Waals surface area contributed by atoms with Crippen molar-refractivity contribution >= 4 is 0 Å². The molecule has 0 fully saturated rings. The van der Waals surface area contributed by atoms with Crippen molar-refractivity contribution in [3.8, 4) is 0 Å². The van der Waals surface area contributed by atoms with Gasteiger partial charge >= 0.3 is 0 Å². The van der Waals surface area contributed by atoms with Gasteiger partial charge in [0.1, 0.15) is 0 Å². The third-order valence-corrected chi connectivity index (χ3v) is 3.21. The maximum atomic E-state index is 3.30. The van der Waals surface area contributed by atoms with Crippen molar-refractivity contribution in [3.05, 3.63) is 89.7 Å². The summed E-state index contributed by atoms with van der Waals surface area (Å²) >= 11 is 0. The normalized spacial score (nSPS) is 11.4. The maximum absolute atomic E-state index is 3.30. The Labute approximate surface area is 116 Å². The van der Waals surface area contributed by atoms with Crippen LogP contribution < -0.4 is 0 Å². The van der Waals surface area contributed by atoms with Crippen LogP contribution in [0, 0.1) is 0 Å². The fourth-order valence-corrected chi connectivity index (χ4v) is 2.03. The number of allylic oxidation sites excluding steroid dienone is 1. The summed E-state index contributed by atoms with van der Waals surface area (Å²) < 4.78 is 0. The largest absolute Gasteiger partial charge is 0.129 e. The van der Waals surface area contributed by atoms with Crippen molar-refractivity contribution in [1.29, 1.82) is 0 Å². The first-order valence-corrected chi connectivity index (χ1v) is 6.86. The standard InChI is InChI=1S/C19H20/c1-17(19-15-9-4-10-16-19)11-5-2-6-12-18-13-7-3-8-14-18/h2-4,7-11,13-17H,6,12H2,1H3. The lowest BCUT2D eigenvalue weighted by atomic mass is 10.0. The summed E-state index contributed by atoms with van der Waals surface area (Å²) in [5.41, 5.74) is 6.03. The second-order valence-corrected chi connectivity index (χ2v) is 4.76. The van der Waals surface area contributed by atoms with Crippen LogP contribution in [0.25, 0.3) is 0 Å². The molecule has 2 aromatic carbocycles. The molecule has 0 heteroatoms. The van der Waals surface area contributed by atoms with E-state index in [2.05, 4.69) is 85.5 Å². The van der Waals surface area contributed by atoms with E-state index in [1.807, 2.05) is 0 Å². The van der Waals surface area contributed by atoms with Gasteiger partial charge in [-0.1, -0.05) is 67.6 Å². The third kappa shape index (κ3) is 4.62. The number of aryl methyl sites for hydroxylation is 1. The zero-order chi connectivity index (χ0) is 13.3. The molecule has 2 rings (SSSR count). The lowest BCUT2D eigenvalue weighted by Crippen LogP contribution is -1.86. The topological polar surface area (TPSA) is 0 Å². The third-order valence-electron chi connectivity index (χ3n) is 3.21. The van der Waals surface area contributed by atoms with E-state index >= 15 is 0 Å². The summed E-state index contributed by atoms with van der Waals surface area (Å²) in [6, 6.07) is 21.1. The first-order valence-electron chi connectivity index (χ1n) is 6.86. The highest BCUT2D eigenvalue weighted by Crippen LogP contribution is 2.15. The molecule has 0 aliphatic rings. The number of hydrogen-bond acceptors (Lipinski definition) is 0. The lowest BCUT2D eigenvalue weighted by Gasteiger charge is -2.03. The lowest BCUT2D eigenvalue weighted by molar-refractivity contribution is 0.964. The van der Waals surface area contributed by atoms with E-state index < -0.39 is 0 Å². The summed E-state index contributed by atoms with van der Waals surface area (Å²) in [6.07, 6.45) is 6.40. The van der Waals surface area contributed by atoms with E-state index in [9.17, 15) is 0 Å². The van der Waals surface area contributed by atoms with Crippen LogP contribution in [0.15, 0.2) is 78.5 Å². The summed E-state index contributed by atoms with van der Waals surface area (Å²) in [5.74, 6) is 0.425. The molecule has 0 amide bonds. The predicted octanol–water partition coefficient (Wildman–Crippen LogP) is 5.13. The SMILES string of the molecule is CC(C=C=CCCc1ccccc1)c1ccccc1. The minimum absolute atomic E-state index is 0.425. The highest BCUT2D eigenvalue weighted by molar-refractivity contribution is 5.22. The number of benzene rings is 2. The first kappa shape index (κ1) is 13.4. The van der Waals surface area contributed by atoms with Crippen LogP contribution in [0.1, 0.15) is 30.4 Å². The molecule has 1 atom stereocenters. The molecule has 2 aromatic rings. The predicted molar refractivity (Wildman–Crippen MR) is 82.3 cm³/mol. The fraction of sp³-hybridized carbons (Fsp3) is 0.211. The van der Waals surface area contributed by atoms with Gasteiger partial charge in [-0.2, -0.15) is 0 Å². The molecule has 19 heavy (non-hydrogen) atoms. The van der Waals surface area contributed by atoms with Gasteiger partial charge in [0.05, 0.1) is 0 Å². The Hall–Kier alpha value is -2.04. The van der Waals surface area contributed by atoms with Crippen LogP contribution in [-0.4, -0.2) is 0 Å². The van der Waals surface area contributed by atoms with Crippen LogP contribution in [0.2, 0.25) is 0 Å². The first-order chi connectivity index (χ1) is 9.36. The van der Waals surface area contributed by atoms with Crippen LogP contribution >= 0.6 is 0 Å². The monoisotopic (exact) mass is 248 g/mol. The van der Waals surface area contributed by atoms with E-state index in [-0.39, 0.29) is 0 Å². The van der Waals surface area contributed by atoms with Crippen LogP contribution in [0.3, 0.4) is 0 Å². The van der Waals surface area contributed by atoms with Gasteiger partial charge in [0, 0.05) is 5.92 Å². The van der Waals surface area contributed by atoms with Gasteiger partial charge in [-0.3, -0.25) is 0 Å². The van der Waals surface area contributed by atoms with Gasteiger partial charge in [0.2, 0.25) is 0 Å². The molecular formula is C19H20. The Morgan fingerprint density at radius 3 is 2.26 bits per heavy atom. The maximum Gasteiger partial charge on any atom is 0.00654 e. The average Bonchev–Trinajstić information content (AvgIpc) is 2.49. The molecule has 0 saturated heterocycles. The Morgan fingerprint density at radius 2 is 1.58 bits per heavy atom. The quantitative estimate of drug-likeness (QED) is 0.643. The summed E-state index contributed by atoms with van der Waals surface area (Å²) in [7, 11) is 0. The molecule has 0 aliphatic carbocycles. The van der Waals surface area contributed by atoms with Gasteiger partial charge in [-0.25, -0.2) is 0 Å². The van der Waals surface area contributed by atoms with Gasteiger partial charge < -0.3 is 0 Å². The smallest absolute Gasteiger partial charge is 0.00654 e. The summed E-state index contributed by atoms with van der Waals surface area (Å²) in [4.78, 5) is 0. The zero-order valence-corrected chi connectivity index (χ0v) is 11.4. The number of rotatable bonds is 5. The molecule has 0 heterocycles. The fourth-order valence-electron chi connectivity index (χ4n) is 2.03. The zero-order valence-electron chi connectivity index (χ0n) is 11.4. The number of hydrogen-bond donors (Lipinski definition) is 0. The molecule has 0 N–H and O–H groups in total. The minimum Gasteiger partial charge on any atom is -0.129 e. The van der Waals surface area contributed by atoms with E-state index in [4.69, 9.17) is 0 Å². The van der Waals surface area contributed by atoms with Gasteiger partial charge in [0.15, 0.2) is 0 Å². The second-order valence-electron chi connectivity index (χ2n) is 4.76. The molecule has 0 nitrogen and oxygen atoms in total. The molecule has 0 aromatic heterocycles. The van der Waals surface area contributed by atoms with Crippen molar-refractivity contribution in [1.82, 2.24) is 0 Å². The second kappa shape index (κ2) is 7.41. The minimum atomic E-state index is 0.425. The van der Waals surface area contributed by atoms with Crippen LogP contribution in [0.4, 0.5) is 0 Å². The van der Waals surface area contributed by atoms with Gasteiger partial charge in [-0.15, -0.1) is 5.73 Å². The Bertz CT molecular complexity index is 531. The van der Waals surface area contributed by atoms with Crippen molar-refractivity contribution in [2.45, 2.75) is 25.7 Å². The summed E-state index contributed by atoms with van der Waals surface area (Å²) in [5, 5.41) is 0. The van der Waals surface area contributed by atoms with Crippen molar-refractivity contribution < 1.29 is 0 Å². The Balaban J connectivity index is 1.84. The molecule has 0 radical (unpaired) electrons. The van der Waals surface area contributed by atoms with E-state index in [0.29, 0.717) is 5.92 Å². The molecule has 0 aliphatic heterocycles. The molecule has 0 bridgehead atoms. The van der Waals surface area contributed by atoms with Crippen LogP contribution in [0.5, 0.6) is 0 Å². The Kier molecular flexibility index (Phi) is 5.22. The molecular weight excluding hydrogens is 228 g/mol. The van der Waals surface area contributed by atoms with E-state index in [1.165, 1.54) is 11.1 Å². The average molecular weight is 248 g/mol. The highest BCUT2D eigenvalue weighted by atomic mass is 14.0. The molecule has 96 valence electrons. The highest BCUT2D eigenvalue weighted by Gasteiger charge is 1.97. The van der Waals surface area contributed by atoms with Gasteiger partial charge in [0.25, 0.3) is 0 Å². The van der Waals surface area contributed by atoms with E-state index in [1.54, 1.807) is 0 Å². The Morgan fingerprint density at radius 1 is 0.947 bits per heavy atom.